The van der Waals surface area contributed by atoms with Gasteiger partial charge in [0.05, 0.1) is 0 Å². The Hall–Kier alpha value is -1.63. The molecule has 2 aromatic rings. The zero-order chi connectivity index (χ0) is 20.5. The van der Waals surface area contributed by atoms with Crippen LogP contribution in [-0.4, -0.2) is 0 Å². The Morgan fingerprint density at radius 1 is 0.724 bits per heavy atom. The van der Waals surface area contributed by atoms with E-state index >= 15 is 0 Å². The molecule has 2 aromatic carbocycles. The van der Waals surface area contributed by atoms with Gasteiger partial charge in [-0.05, 0) is 78.7 Å². The Morgan fingerprint density at radius 2 is 1.31 bits per heavy atom. The Balaban J connectivity index is 1.45. The van der Waals surface area contributed by atoms with Gasteiger partial charge in [-0.3, -0.25) is 0 Å². The van der Waals surface area contributed by atoms with Crippen molar-refractivity contribution in [2.24, 2.45) is 11.8 Å². The Kier molecular flexibility index (Phi) is 8.77. The first-order chi connectivity index (χ1) is 14.2. The fraction of sp³-hybridized carbons (Fsp3) is 0.571. The quantitative estimate of drug-likeness (QED) is 0.382. The average Bonchev–Trinajstić information content (AvgIpc) is 2.76. The zero-order valence-electron chi connectivity index (χ0n) is 18.6. The van der Waals surface area contributed by atoms with Crippen molar-refractivity contribution in [3.05, 3.63) is 70.5 Å². The minimum atomic E-state index is -0.000317. The van der Waals surface area contributed by atoms with E-state index in [0.29, 0.717) is 0 Å². The van der Waals surface area contributed by atoms with Crippen molar-refractivity contribution in [3.63, 3.8) is 0 Å². The summed E-state index contributed by atoms with van der Waals surface area (Å²) >= 11 is 0. The highest BCUT2D eigenvalue weighted by Crippen LogP contribution is 2.33. The molecule has 1 aliphatic carbocycles. The van der Waals surface area contributed by atoms with Crippen LogP contribution in [0.15, 0.2) is 42.5 Å². The molecule has 0 saturated heterocycles. The first-order valence-corrected chi connectivity index (χ1v) is 12.0. The predicted octanol–water partition coefficient (Wildman–Crippen LogP) is 8.10. The van der Waals surface area contributed by atoms with Crippen LogP contribution in [0.3, 0.4) is 0 Å². The number of hydrogen-bond donors (Lipinski definition) is 0. The third-order valence-electron chi connectivity index (χ3n) is 7.03. The van der Waals surface area contributed by atoms with Gasteiger partial charge in [-0.15, -0.1) is 0 Å². The Labute approximate surface area is 177 Å². The highest BCUT2D eigenvalue weighted by atomic mass is 19.1. The number of halogens is 1. The molecule has 0 aromatic heterocycles. The summed E-state index contributed by atoms with van der Waals surface area (Å²) in [5.41, 5.74) is 4.79. The lowest BCUT2D eigenvalue weighted by Crippen LogP contribution is -2.14. The molecule has 158 valence electrons. The topological polar surface area (TPSA) is 0 Å². The number of unbranched alkanes of at least 4 members (excludes halogenated alkanes) is 1. The predicted molar refractivity (Wildman–Crippen MR) is 123 cm³/mol. The van der Waals surface area contributed by atoms with Gasteiger partial charge in [0, 0.05) is 0 Å². The molecule has 0 nitrogen and oxygen atoms in total. The van der Waals surface area contributed by atoms with E-state index in [-0.39, 0.29) is 5.82 Å². The van der Waals surface area contributed by atoms with Crippen molar-refractivity contribution in [2.75, 3.05) is 0 Å². The lowest BCUT2D eigenvalue weighted by Gasteiger charge is -2.27. The van der Waals surface area contributed by atoms with Gasteiger partial charge in [0.25, 0.3) is 0 Å². The van der Waals surface area contributed by atoms with E-state index in [9.17, 15) is 4.39 Å². The van der Waals surface area contributed by atoms with Gasteiger partial charge in [0.15, 0.2) is 0 Å². The van der Waals surface area contributed by atoms with Gasteiger partial charge < -0.3 is 0 Å². The lowest BCUT2D eigenvalue weighted by molar-refractivity contribution is 0.258. The molecule has 0 N–H and O–H groups in total. The van der Waals surface area contributed by atoms with Crippen LogP contribution in [-0.2, 0) is 25.7 Å². The van der Waals surface area contributed by atoms with Crippen molar-refractivity contribution in [1.29, 1.82) is 0 Å². The summed E-state index contributed by atoms with van der Waals surface area (Å²) in [5.74, 6) is 1.74. The van der Waals surface area contributed by atoms with Crippen LogP contribution in [0.5, 0.6) is 0 Å². The van der Waals surface area contributed by atoms with Crippen LogP contribution in [0.25, 0.3) is 0 Å². The van der Waals surface area contributed by atoms with E-state index in [4.69, 9.17) is 0 Å². The molecule has 29 heavy (non-hydrogen) atoms. The monoisotopic (exact) mass is 394 g/mol. The van der Waals surface area contributed by atoms with Crippen LogP contribution in [0.1, 0.15) is 87.5 Å². The summed E-state index contributed by atoms with van der Waals surface area (Å²) in [6.07, 6.45) is 14.4. The van der Waals surface area contributed by atoms with Gasteiger partial charge >= 0.3 is 0 Å². The van der Waals surface area contributed by atoms with E-state index in [1.165, 1.54) is 62.5 Å². The minimum Gasteiger partial charge on any atom is -0.207 e. The maximum atomic E-state index is 14.6. The molecular formula is C28H39F. The molecule has 0 amide bonds. The van der Waals surface area contributed by atoms with E-state index < -0.39 is 0 Å². The van der Waals surface area contributed by atoms with Crippen LogP contribution in [0, 0.1) is 17.7 Å². The second-order valence-electron chi connectivity index (χ2n) is 9.18. The Morgan fingerprint density at radius 3 is 1.93 bits per heavy atom. The molecule has 0 bridgehead atoms. The molecule has 1 fully saturated rings. The summed E-state index contributed by atoms with van der Waals surface area (Å²) in [4.78, 5) is 0. The second-order valence-corrected chi connectivity index (χ2v) is 9.18. The van der Waals surface area contributed by atoms with Crippen molar-refractivity contribution >= 4 is 0 Å². The maximum absolute atomic E-state index is 14.6. The minimum absolute atomic E-state index is 0.000317. The zero-order valence-corrected chi connectivity index (χ0v) is 18.6. The molecule has 3 rings (SSSR count). The lowest BCUT2D eigenvalue weighted by atomic mass is 9.78. The van der Waals surface area contributed by atoms with Crippen LogP contribution < -0.4 is 0 Å². The van der Waals surface area contributed by atoms with Gasteiger partial charge in [-0.25, -0.2) is 4.39 Å². The molecule has 0 heterocycles. The summed E-state index contributed by atoms with van der Waals surface area (Å²) < 4.78 is 14.6. The van der Waals surface area contributed by atoms with E-state index in [0.717, 1.165) is 48.6 Å². The van der Waals surface area contributed by atoms with E-state index in [1.54, 1.807) is 6.07 Å². The molecule has 0 atom stereocenters. The summed E-state index contributed by atoms with van der Waals surface area (Å²) in [6, 6.07) is 14.9. The number of benzene rings is 2. The van der Waals surface area contributed by atoms with Gasteiger partial charge in [-0.2, -0.15) is 0 Å². The largest absolute Gasteiger partial charge is 0.207 e. The number of rotatable bonds is 10. The summed E-state index contributed by atoms with van der Waals surface area (Å²) in [5, 5.41) is 0. The van der Waals surface area contributed by atoms with Crippen molar-refractivity contribution < 1.29 is 4.39 Å². The first kappa shape index (κ1) is 22.1. The van der Waals surface area contributed by atoms with Crippen molar-refractivity contribution in [1.82, 2.24) is 0 Å². The van der Waals surface area contributed by atoms with Crippen LogP contribution >= 0.6 is 0 Å². The SMILES string of the molecule is CCCCc1ccc(CCc2ccc(CCC3CCC(CC)CC3)c(F)c2)cc1. The first-order valence-electron chi connectivity index (χ1n) is 12.0. The highest BCUT2D eigenvalue weighted by Gasteiger charge is 2.20. The third kappa shape index (κ3) is 6.98. The maximum Gasteiger partial charge on any atom is 0.126 e. The van der Waals surface area contributed by atoms with E-state index in [2.05, 4.69) is 44.2 Å². The molecule has 0 spiro atoms. The smallest absolute Gasteiger partial charge is 0.126 e. The van der Waals surface area contributed by atoms with Gasteiger partial charge in [-0.1, -0.05) is 88.8 Å². The van der Waals surface area contributed by atoms with Crippen molar-refractivity contribution in [2.45, 2.75) is 90.9 Å². The second kappa shape index (κ2) is 11.5. The standard InChI is InChI=1S/C28H39F/c1-3-5-6-23-11-13-24(14-12-23)15-16-26-18-20-27(28(29)21-26)19-17-25-9-7-22(4-2)8-10-25/h11-14,18,20-22,25H,3-10,15-17,19H2,1-2H3. The third-order valence-corrected chi connectivity index (χ3v) is 7.03. The highest BCUT2D eigenvalue weighted by molar-refractivity contribution is 5.27. The normalized spacial score (nSPS) is 19.4. The van der Waals surface area contributed by atoms with Crippen LogP contribution in [0.4, 0.5) is 4.39 Å². The number of aryl methyl sites for hydroxylation is 4. The van der Waals surface area contributed by atoms with Crippen LogP contribution in [0.2, 0.25) is 0 Å². The molecular weight excluding hydrogens is 355 g/mol. The summed E-state index contributed by atoms with van der Waals surface area (Å²) in [7, 11) is 0. The van der Waals surface area contributed by atoms with Gasteiger partial charge in [0.1, 0.15) is 5.82 Å². The number of hydrogen-bond acceptors (Lipinski definition) is 0. The fourth-order valence-electron chi connectivity index (χ4n) is 4.78. The molecule has 0 radical (unpaired) electrons. The van der Waals surface area contributed by atoms with Crippen molar-refractivity contribution in [3.8, 4) is 0 Å². The molecule has 1 heteroatoms. The van der Waals surface area contributed by atoms with E-state index in [1.807, 2.05) is 6.07 Å². The molecule has 1 saturated carbocycles. The summed E-state index contributed by atoms with van der Waals surface area (Å²) in [6.45, 7) is 4.54. The fourth-order valence-corrected chi connectivity index (χ4v) is 4.78. The Bertz CT molecular complexity index is 722. The molecule has 1 aliphatic rings. The average molecular weight is 395 g/mol. The molecule has 0 aliphatic heterocycles. The molecule has 0 unspecified atom stereocenters. The van der Waals surface area contributed by atoms with Gasteiger partial charge in [0.2, 0.25) is 0 Å².